The zero-order valence-corrected chi connectivity index (χ0v) is 9.14. The first kappa shape index (κ1) is 11.0. The van der Waals surface area contributed by atoms with Crippen LogP contribution in [0.5, 0.6) is 5.75 Å². The Labute approximate surface area is 94.2 Å². The maximum Gasteiger partial charge on any atom is 0.321 e. The van der Waals surface area contributed by atoms with Gasteiger partial charge >= 0.3 is 5.97 Å². The summed E-state index contributed by atoms with van der Waals surface area (Å²) in [5.41, 5.74) is 0.974. The minimum atomic E-state index is -0.798. The predicted octanol–water partition coefficient (Wildman–Crippen LogP) is 1.23. The summed E-state index contributed by atoms with van der Waals surface area (Å²) < 4.78 is 5.27. The molecule has 4 nitrogen and oxygen atoms in total. The third kappa shape index (κ3) is 1.88. The highest BCUT2D eigenvalue weighted by atomic mass is 16.5. The van der Waals surface area contributed by atoms with Crippen LogP contribution in [0, 0.1) is 0 Å². The monoisotopic (exact) mass is 221 g/mol. The van der Waals surface area contributed by atoms with E-state index >= 15 is 0 Å². The molecule has 1 aliphatic heterocycles. The molecular weight excluding hydrogens is 206 g/mol. The zero-order chi connectivity index (χ0) is 11.5. The number of nitrogens with one attached hydrogen (secondary N) is 1. The van der Waals surface area contributed by atoms with Crippen LogP contribution in [-0.2, 0) is 4.79 Å². The van der Waals surface area contributed by atoms with Crippen LogP contribution in [0.15, 0.2) is 24.3 Å². The molecule has 1 aromatic rings. The first-order chi connectivity index (χ1) is 7.74. The van der Waals surface area contributed by atoms with E-state index in [2.05, 4.69) is 5.32 Å². The molecule has 0 radical (unpaired) electrons. The molecule has 1 heterocycles. The van der Waals surface area contributed by atoms with Gasteiger partial charge in [0.05, 0.1) is 7.11 Å². The van der Waals surface area contributed by atoms with Gasteiger partial charge in [-0.25, -0.2) is 0 Å². The maximum absolute atomic E-state index is 11.1. The van der Waals surface area contributed by atoms with Crippen molar-refractivity contribution in [2.45, 2.75) is 18.4 Å². The first-order valence-corrected chi connectivity index (χ1v) is 5.33. The first-order valence-electron chi connectivity index (χ1n) is 5.33. The molecule has 2 rings (SSSR count). The van der Waals surface area contributed by atoms with Crippen LogP contribution in [0.3, 0.4) is 0 Å². The Morgan fingerprint density at radius 1 is 1.50 bits per heavy atom. The number of benzene rings is 1. The molecule has 0 spiro atoms. The smallest absolute Gasteiger partial charge is 0.321 e. The second kappa shape index (κ2) is 4.53. The van der Waals surface area contributed by atoms with Gasteiger partial charge < -0.3 is 15.2 Å². The van der Waals surface area contributed by atoms with E-state index < -0.39 is 12.0 Å². The van der Waals surface area contributed by atoms with Crippen LogP contribution in [0.25, 0.3) is 0 Å². The normalized spacial score (nSPS) is 24.3. The van der Waals surface area contributed by atoms with Crippen molar-refractivity contribution < 1.29 is 14.6 Å². The summed E-state index contributed by atoms with van der Waals surface area (Å²) in [6.45, 7) is 0.736. The molecular formula is C12H15NO3. The average molecular weight is 221 g/mol. The highest BCUT2D eigenvalue weighted by molar-refractivity contribution is 5.75. The third-order valence-corrected chi connectivity index (χ3v) is 3.03. The third-order valence-electron chi connectivity index (χ3n) is 3.03. The van der Waals surface area contributed by atoms with Crippen molar-refractivity contribution in [2.24, 2.45) is 0 Å². The molecule has 1 aromatic carbocycles. The lowest BCUT2D eigenvalue weighted by Crippen LogP contribution is -2.34. The molecule has 0 bridgehead atoms. The summed E-state index contributed by atoms with van der Waals surface area (Å²) in [6.07, 6.45) is 0.831. The average Bonchev–Trinajstić information content (AvgIpc) is 2.77. The molecule has 2 N–H and O–H groups in total. The van der Waals surface area contributed by atoms with Crippen molar-refractivity contribution in [1.29, 1.82) is 0 Å². The minimum absolute atomic E-state index is 0.00588. The molecule has 1 aliphatic rings. The van der Waals surface area contributed by atoms with Gasteiger partial charge in [0.2, 0.25) is 0 Å². The number of carbonyl (C=O) groups is 1. The van der Waals surface area contributed by atoms with Crippen molar-refractivity contribution in [1.82, 2.24) is 5.32 Å². The summed E-state index contributed by atoms with van der Waals surface area (Å²) in [7, 11) is 1.61. The molecule has 4 heteroatoms. The molecule has 0 amide bonds. The second-order valence-electron chi connectivity index (χ2n) is 3.91. The number of para-hydroxylation sites is 1. The SMILES string of the molecule is COc1ccccc1[C@@H]1CCN[C@H]1C(=O)O. The molecule has 86 valence electrons. The van der Waals surface area contributed by atoms with E-state index in [4.69, 9.17) is 9.84 Å². The van der Waals surface area contributed by atoms with Crippen LogP contribution < -0.4 is 10.1 Å². The van der Waals surface area contributed by atoms with Gasteiger partial charge in [0, 0.05) is 5.92 Å². The molecule has 0 unspecified atom stereocenters. The topological polar surface area (TPSA) is 58.6 Å². The van der Waals surface area contributed by atoms with E-state index in [-0.39, 0.29) is 5.92 Å². The summed E-state index contributed by atoms with van der Waals surface area (Å²) in [5.74, 6) is -0.0375. The van der Waals surface area contributed by atoms with E-state index in [9.17, 15) is 4.79 Å². The van der Waals surface area contributed by atoms with Gasteiger partial charge in [0.1, 0.15) is 11.8 Å². The fraction of sp³-hybridized carbons (Fsp3) is 0.417. The molecule has 0 aromatic heterocycles. The van der Waals surface area contributed by atoms with E-state index in [0.717, 1.165) is 24.3 Å². The van der Waals surface area contributed by atoms with Gasteiger partial charge in [-0.2, -0.15) is 0 Å². The van der Waals surface area contributed by atoms with Crippen LogP contribution >= 0.6 is 0 Å². The maximum atomic E-state index is 11.1. The van der Waals surface area contributed by atoms with Crippen LogP contribution in [0.1, 0.15) is 17.9 Å². The summed E-state index contributed by atoms with van der Waals surface area (Å²) in [5, 5.41) is 12.1. The lowest BCUT2D eigenvalue weighted by atomic mass is 9.91. The highest BCUT2D eigenvalue weighted by Gasteiger charge is 2.34. The Hall–Kier alpha value is -1.55. The van der Waals surface area contributed by atoms with E-state index in [1.807, 2.05) is 24.3 Å². The lowest BCUT2D eigenvalue weighted by molar-refractivity contribution is -0.139. The van der Waals surface area contributed by atoms with Crippen molar-refractivity contribution in [3.05, 3.63) is 29.8 Å². The van der Waals surface area contributed by atoms with Crippen molar-refractivity contribution >= 4 is 5.97 Å². The highest BCUT2D eigenvalue weighted by Crippen LogP contribution is 2.33. The van der Waals surface area contributed by atoms with Gasteiger partial charge in [-0.05, 0) is 24.6 Å². The van der Waals surface area contributed by atoms with Crippen molar-refractivity contribution in [2.75, 3.05) is 13.7 Å². The van der Waals surface area contributed by atoms with Crippen LogP contribution in [0.4, 0.5) is 0 Å². The lowest BCUT2D eigenvalue weighted by Gasteiger charge is -2.18. The van der Waals surface area contributed by atoms with Gasteiger partial charge in [-0.1, -0.05) is 18.2 Å². The van der Waals surface area contributed by atoms with E-state index in [0.29, 0.717) is 0 Å². The van der Waals surface area contributed by atoms with Crippen molar-refractivity contribution in [3.8, 4) is 5.75 Å². The second-order valence-corrected chi connectivity index (χ2v) is 3.91. The minimum Gasteiger partial charge on any atom is -0.496 e. The van der Waals surface area contributed by atoms with E-state index in [1.54, 1.807) is 7.11 Å². The van der Waals surface area contributed by atoms with Gasteiger partial charge in [0.25, 0.3) is 0 Å². The number of hydrogen-bond donors (Lipinski definition) is 2. The van der Waals surface area contributed by atoms with Crippen LogP contribution in [0.2, 0.25) is 0 Å². The predicted molar refractivity (Wildman–Crippen MR) is 59.8 cm³/mol. The largest absolute Gasteiger partial charge is 0.496 e. The quantitative estimate of drug-likeness (QED) is 0.806. The standard InChI is InChI=1S/C12H15NO3/c1-16-10-5-3-2-4-8(10)9-6-7-13-11(9)12(14)15/h2-5,9,11,13H,6-7H2,1H3,(H,14,15)/t9-,11+/m0/s1. The Balaban J connectivity index is 2.32. The molecule has 2 atom stereocenters. The van der Waals surface area contributed by atoms with Gasteiger partial charge in [0.15, 0.2) is 0 Å². The fourth-order valence-corrected chi connectivity index (χ4v) is 2.27. The fourth-order valence-electron chi connectivity index (χ4n) is 2.27. The molecule has 0 saturated carbocycles. The summed E-state index contributed by atoms with van der Waals surface area (Å²) >= 11 is 0. The number of carboxylic acid groups (broad SMARTS) is 1. The number of aliphatic carboxylic acids is 1. The van der Waals surface area contributed by atoms with Gasteiger partial charge in [-0.15, -0.1) is 0 Å². The molecule has 1 fully saturated rings. The number of methoxy groups -OCH3 is 1. The Kier molecular flexibility index (Phi) is 3.10. The molecule has 1 saturated heterocycles. The zero-order valence-electron chi connectivity index (χ0n) is 9.14. The Bertz CT molecular complexity index is 392. The van der Waals surface area contributed by atoms with Crippen LogP contribution in [-0.4, -0.2) is 30.8 Å². The number of carboxylic acids is 1. The molecule has 16 heavy (non-hydrogen) atoms. The molecule has 0 aliphatic carbocycles. The number of rotatable bonds is 3. The summed E-state index contributed by atoms with van der Waals surface area (Å²) in [4.78, 5) is 11.1. The van der Waals surface area contributed by atoms with E-state index in [1.165, 1.54) is 0 Å². The number of ether oxygens (including phenoxy) is 1. The Morgan fingerprint density at radius 2 is 2.25 bits per heavy atom. The Morgan fingerprint density at radius 3 is 2.94 bits per heavy atom. The number of hydrogen-bond acceptors (Lipinski definition) is 3. The van der Waals surface area contributed by atoms with Gasteiger partial charge in [-0.3, -0.25) is 4.79 Å². The summed E-state index contributed by atoms with van der Waals surface area (Å²) in [6, 6.07) is 7.10. The van der Waals surface area contributed by atoms with Crippen molar-refractivity contribution in [3.63, 3.8) is 0 Å².